The quantitative estimate of drug-likeness (QED) is 0.774. The van der Waals surface area contributed by atoms with Gasteiger partial charge in [0.2, 0.25) is 5.91 Å². The highest BCUT2D eigenvalue weighted by atomic mass is 16.5. The second-order valence-corrected chi connectivity index (χ2v) is 8.85. The number of rotatable bonds is 5. The first-order valence-electron chi connectivity index (χ1n) is 11.6. The number of likely N-dealkylation sites (tertiary alicyclic amines) is 1. The molecule has 32 heavy (non-hydrogen) atoms. The van der Waals surface area contributed by atoms with Crippen LogP contribution in [-0.4, -0.2) is 58.6 Å². The number of hydrogen-bond acceptors (Lipinski definition) is 5. The molecule has 1 aromatic heterocycles. The maximum atomic E-state index is 13.1. The fourth-order valence-electron chi connectivity index (χ4n) is 4.83. The van der Waals surface area contributed by atoms with Crippen molar-refractivity contribution < 1.29 is 19.1 Å². The van der Waals surface area contributed by atoms with E-state index in [2.05, 4.69) is 22.4 Å². The molecule has 4 heterocycles. The minimum absolute atomic E-state index is 0.0373. The molecule has 0 unspecified atom stereocenters. The lowest BCUT2D eigenvalue weighted by Gasteiger charge is -2.32. The SMILES string of the molecule is O=C(NC[C@@H]1CCCO1)C1CCN(C(=O)c2ncn3c2CO[C@@H](c2ccccc2)C3)CC1. The molecule has 0 radical (unpaired) electrons. The van der Waals surface area contributed by atoms with Crippen molar-refractivity contribution in [2.75, 3.05) is 26.2 Å². The number of ether oxygens (including phenoxy) is 2. The Morgan fingerprint density at radius 2 is 1.91 bits per heavy atom. The number of imidazole rings is 1. The summed E-state index contributed by atoms with van der Waals surface area (Å²) in [6.07, 6.45) is 5.28. The Labute approximate surface area is 187 Å². The molecule has 2 amide bonds. The van der Waals surface area contributed by atoms with Crippen LogP contribution in [0.4, 0.5) is 0 Å². The standard InChI is InChI=1S/C24H30N4O4/c29-23(25-13-19-7-4-12-31-19)18-8-10-27(11-9-18)24(30)22-20-15-32-21(14-28(20)16-26-22)17-5-2-1-3-6-17/h1-3,5-6,16,18-19,21H,4,7-15H2,(H,25,29)/t19-,21+/m0/s1. The average molecular weight is 439 g/mol. The van der Waals surface area contributed by atoms with Crippen molar-refractivity contribution in [2.45, 2.75) is 51.0 Å². The first-order chi connectivity index (χ1) is 15.7. The van der Waals surface area contributed by atoms with E-state index in [4.69, 9.17) is 9.47 Å². The molecule has 2 atom stereocenters. The van der Waals surface area contributed by atoms with E-state index in [0.717, 1.165) is 30.7 Å². The maximum Gasteiger partial charge on any atom is 0.274 e. The minimum atomic E-state index is -0.0706. The first-order valence-corrected chi connectivity index (χ1v) is 11.6. The van der Waals surface area contributed by atoms with E-state index in [1.165, 1.54) is 0 Å². The molecule has 0 bridgehead atoms. The summed E-state index contributed by atoms with van der Waals surface area (Å²) in [5.74, 6) is -0.0441. The van der Waals surface area contributed by atoms with Crippen LogP contribution in [0.15, 0.2) is 36.7 Å². The zero-order valence-electron chi connectivity index (χ0n) is 18.2. The van der Waals surface area contributed by atoms with Crippen molar-refractivity contribution in [1.82, 2.24) is 19.8 Å². The summed E-state index contributed by atoms with van der Waals surface area (Å²) >= 11 is 0. The summed E-state index contributed by atoms with van der Waals surface area (Å²) in [5, 5.41) is 3.02. The van der Waals surface area contributed by atoms with Gasteiger partial charge < -0.3 is 24.3 Å². The fraction of sp³-hybridized carbons (Fsp3) is 0.542. The van der Waals surface area contributed by atoms with E-state index in [1.54, 1.807) is 6.33 Å². The van der Waals surface area contributed by atoms with Gasteiger partial charge in [0, 0.05) is 32.2 Å². The highest BCUT2D eigenvalue weighted by molar-refractivity contribution is 5.93. The highest BCUT2D eigenvalue weighted by Crippen LogP contribution is 2.28. The predicted octanol–water partition coefficient (Wildman–Crippen LogP) is 2.30. The third kappa shape index (κ3) is 4.42. The van der Waals surface area contributed by atoms with Crippen LogP contribution in [0, 0.1) is 5.92 Å². The lowest BCUT2D eigenvalue weighted by atomic mass is 9.95. The molecule has 0 spiro atoms. The van der Waals surface area contributed by atoms with Gasteiger partial charge in [0.05, 0.1) is 31.3 Å². The molecule has 2 aromatic rings. The average Bonchev–Trinajstić information content (AvgIpc) is 3.52. The third-order valence-electron chi connectivity index (χ3n) is 6.78. The predicted molar refractivity (Wildman–Crippen MR) is 117 cm³/mol. The van der Waals surface area contributed by atoms with Gasteiger partial charge in [0.15, 0.2) is 5.69 Å². The van der Waals surface area contributed by atoms with Crippen LogP contribution in [0.25, 0.3) is 0 Å². The summed E-state index contributed by atoms with van der Waals surface area (Å²) in [7, 11) is 0. The van der Waals surface area contributed by atoms with Crippen LogP contribution in [0.3, 0.4) is 0 Å². The monoisotopic (exact) mass is 438 g/mol. The van der Waals surface area contributed by atoms with Crippen LogP contribution in [-0.2, 0) is 27.4 Å². The molecule has 0 saturated carbocycles. The topological polar surface area (TPSA) is 85.7 Å². The van der Waals surface area contributed by atoms with Crippen molar-refractivity contribution in [3.05, 3.63) is 53.6 Å². The van der Waals surface area contributed by atoms with Gasteiger partial charge in [-0.2, -0.15) is 0 Å². The summed E-state index contributed by atoms with van der Waals surface area (Å²) < 4.78 is 13.6. The first kappa shape index (κ1) is 21.2. The number of piperidine rings is 1. The number of amides is 2. The molecule has 8 heteroatoms. The van der Waals surface area contributed by atoms with E-state index in [9.17, 15) is 9.59 Å². The molecular weight excluding hydrogens is 408 g/mol. The lowest BCUT2D eigenvalue weighted by Crippen LogP contribution is -2.44. The van der Waals surface area contributed by atoms with Gasteiger partial charge in [0.25, 0.3) is 5.91 Å². The van der Waals surface area contributed by atoms with Crippen molar-refractivity contribution in [3.8, 4) is 0 Å². The number of nitrogens with one attached hydrogen (secondary N) is 1. The van der Waals surface area contributed by atoms with Gasteiger partial charge in [-0.05, 0) is 31.2 Å². The largest absolute Gasteiger partial charge is 0.376 e. The Hall–Kier alpha value is -2.71. The minimum Gasteiger partial charge on any atom is -0.376 e. The molecule has 170 valence electrons. The Bertz CT molecular complexity index is 946. The van der Waals surface area contributed by atoms with Gasteiger partial charge >= 0.3 is 0 Å². The second kappa shape index (κ2) is 9.42. The van der Waals surface area contributed by atoms with Crippen LogP contribution in [0.2, 0.25) is 0 Å². The van der Waals surface area contributed by atoms with E-state index < -0.39 is 0 Å². The summed E-state index contributed by atoms with van der Waals surface area (Å²) in [6, 6.07) is 10.1. The fourth-order valence-corrected chi connectivity index (χ4v) is 4.83. The number of carbonyl (C=O) groups is 2. The van der Waals surface area contributed by atoms with Gasteiger partial charge in [0.1, 0.15) is 6.10 Å². The van der Waals surface area contributed by atoms with Crippen molar-refractivity contribution in [3.63, 3.8) is 0 Å². The Kier molecular flexibility index (Phi) is 6.23. The zero-order chi connectivity index (χ0) is 21.9. The van der Waals surface area contributed by atoms with Crippen LogP contribution in [0.1, 0.15) is 53.5 Å². The smallest absolute Gasteiger partial charge is 0.274 e. The molecule has 5 rings (SSSR count). The second-order valence-electron chi connectivity index (χ2n) is 8.85. The van der Waals surface area contributed by atoms with E-state index in [-0.39, 0.29) is 29.9 Å². The van der Waals surface area contributed by atoms with Gasteiger partial charge in [-0.3, -0.25) is 9.59 Å². The van der Waals surface area contributed by atoms with Crippen LogP contribution >= 0.6 is 0 Å². The molecule has 3 aliphatic rings. The molecule has 1 N–H and O–H groups in total. The zero-order valence-corrected chi connectivity index (χ0v) is 18.2. The maximum absolute atomic E-state index is 13.1. The number of fused-ring (bicyclic) bond motifs is 1. The van der Waals surface area contributed by atoms with Crippen molar-refractivity contribution in [2.24, 2.45) is 5.92 Å². The number of nitrogens with zero attached hydrogens (tertiary/aromatic N) is 3. The van der Waals surface area contributed by atoms with E-state index >= 15 is 0 Å². The van der Waals surface area contributed by atoms with Gasteiger partial charge in [-0.1, -0.05) is 30.3 Å². The third-order valence-corrected chi connectivity index (χ3v) is 6.78. The Morgan fingerprint density at radius 1 is 1.09 bits per heavy atom. The number of hydrogen-bond donors (Lipinski definition) is 1. The number of carbonyl (C=O) groups excluding carboxylic acids is 2. The normalized spacial score (nSPS) is 23.7. The Balaban J connectivity index is 1.15. The van der Waals surface area contributed by atoms with Gasteiger partial charge in [-0.25, -0.2) is 4.98 Å². The van der Waals surface area contributed by atoms with E-state index in [1.807, 2.05) is 27.7 Å². The number of benzene rings is 1. The van der Waals surface area contributed by atoms with Crippen LogP contribution < -0.4 is 5.32 Å². The lowest BCUT2D eigenvalue weighted by molar-refractivity contribution is -0.126. The van der Waals surface area contributed by atoms with Crippen LogP contribution in [0.5, 0.6) is 0 Å². The molecule has 2 fully saturated rings. The number of aromatic nitrogens is 2. The van der Waals surface area contributed by atoms with Gasteiger partial charge in [-0.15, -0.1) is 0 Å². The molecule has 1 aromatic carbocycles. The summed E-state index contributed by atoms with van der Waals surface area (Å²) in [6.45, 7) is 3.52. The van der Waals surface area contributed by atoms with Crippen molar-refractivity contribution in [1.29, 1.82) is 0 Å². The van der Waals surface area contributed by atoms with E-state index in [0.29, 0.717) is 51.3 Å². The summed E-state index contributed by atoms with van der Waals surface area (Å²) in [5.41, 5.74) is 2.43. The molecule has 2 saturated heterocycles. The molecule has 3 aliphatic heterocycles. The van der Waals surface area contributed by atoms with Crippen molar-refractivity contribution >= 4 is 11.8 Å². The molecular formula is C24H30N4O4. The molecule has 0 aliphatic carbocycles. The highest BCUT2D eigenvalue weighted by Gasteiger charge is 2.32. The molecule has 8 nitrogen and oxygen atoms in total. The summed E-state index contributed by atoms with van der Waals surface area (Å²) in [4.78, 5) is 31.9. The Morgan fingerprint density at radius 3 is 2.66 bits per heavy atom.